The minimum absolute atomic E-state index is 0.0298. The van der Waals surface area contributed by atoms with E-state index in [1.54, 1.807) is 24.3 Å². The lowest BCUT2D eigenvalue weighted by molar-refractivity contribution is -0.384. The highest BCUT2D eigenvalue weighted by atomic mass is 32.2. The highest BCUT2D eigenvalue weighted by molar-refractivity contribution is 7.90. The van der Waals surface area contributed by atoms with E-state index in [0.29, 0.717) is 16.1 Å². The lowest BCUT2D eigenvalue weighted by atomic mass is 10.2. The maximum atomic E-state index is 12.3. The maximum absolute atomic E-state index is 12.3. The van der Waals surface area contributed by atoms with E-state index in [2.05, 4.69) is 4.99 Å². The second-order valence-corrected chi connectivity index (χ2v) is 5.93. The van der Waals surface area contributed by atoms with Crippen LogP contribution in [0.5, 0.6) is 0 Å². The van der Waals surface area contributed by atoms with Gasteiger partial charge in [0.15, 0.2) is 0 Å². The van der Waals surface area contributed by atoms with Crippen molar-refractivity contribution >= 4 is 34.1 Å². The molecule has 2 aromatic rings. The molecule has 110 valence electrons. The number of hydrogen-bond donors (Lipinski definition) is 1. The summed E-state index contributed by atoms with van der Waals surface area (Å²) in [5, 5.41) is 20.7. The molecular weight excluding hydrogens is 304 g/mol. The summed E-state index contributed by atoms with van der Waals surface area (Å²) in [4.78, 5) is 15.0. The molecule has 22 heavy (non-hydrogen) atoms. The molecule has 2 aromatic carbocycles. The largest absolute Gasteiger partial charge is 0.506 e. The Labute approximate surface area is 128 Å². The van der Waals surface area contributed by atoms with Crippen molar-refractivity contribution in [2.45, 2.75) is 4.90 Å². The zero-order valence-electron chi connectivity index (χ0n) is 11.2. The maximum Gasteiger partial charge on any atom is 0.269 e. The van der Waals surface area contributed by atoms with Gasteiger partial charge in [0.2, 0.25) is 0 Å². The van der Waals surface area contributed by atoms with Crippen LogP contribution in [-0.4, -0.2) is 20.5 Å². The molecule has 0 aliphatic carbocycles. The van der Waals surface area contributed by atoms with Gasteiger partial charge in [0, 0.05) is 23.9 Å². The van der Waals surface area contributed by atoms with E-state index >= 15 is 0 Å². The number of nitrogens with zero attached hydrogens (tertiary/aromatic N) is 2. The van der Waals surface area contributed by atoms with Crippen LogP contribution in [0.3, 0.4) is 0 Å². The Morgan fingerprint density at radius 3 is 2.45 bits per heavy atom. The summed E-state index contributed by atoms with van der Waals surface area (Å²) in [7, 11) is -1.48. The summed E-state index contributed by atoms with van der Waals surface area (Å²) < 4.78 is 12.3. The summed E-state index contributed by atoms with van der Waals surface area (Å²) in [6.07, 6.45) is 1.33. The van der Waals surface area contributed by atoms with E-state index in [1.807, 2.05) is 0 Å². The van der Waals surface area contributed by atoms with Crippen LogP contribution in [-0.2, 0) is 10.8 Å². The molecular formula is C15H10N2O4S. The molecule has 7 heteroatoms. The Morgan fingerprint density at radius 2 is 1.82 bits per heavy atom. The number of hydrogen-bond acceptors (Lipinski definition) is 5. The first-order chi connectivity index (χ1) is 10.6. The molecule has 0 bridgehead atoms. The van der Waals surface area contributed by atoms with E-state index in [1.165, 1.54) is 30.5 Å². The van der Waals surface area contributed by atoms with Crippen LogP contribution in [0.25, 0.3) is 5.76 Å². The van der Waals surface area contributed by atoms with Crippen molar-refractivity contribution in [3.8, 4) is 0 Å². The lowest BCUT2D eigenvalue weighted by Crippen LogP contribution is -1.92. The van der Waals surface area contributed by atoms with Gasteiger partial charge in [0.25, 0.3) is 5.69 Å². The number of aliphatic imine (C=N–C) groups is 1. The summed E-state index contributed by atoms with van der Waals surface area (Å²) in [6, 6.07) is 12.5. The molecule has 1 atom stereocenters. The van der Waals surface area contributed by atoms with Crippen molar-refractivity contribution in [2.75, 3.05) is 0 Å². The zero-order valence-corrected chi connectivity index (χ0v) is 12.0. The summed E-state index contributed by atoms with van der Waals surface area (Å²) in [5.74, 6) is -0.0559. The molecule has 0 fully saturated rings. The number of fused-ring (bicyclic) bond motifs is 1. The Kier molecular flexibility index (Phi) is 3.56. The first-order valence-corrected chi connectivity index (χ1v) is 7.46. The molecule has 1 N–H and O–H groups in total. The average Bonchev–Trinajstić information content (AvgIpc) is 2.78. The predicted molar refractivity (Wildman–Crippen MR) is 83.6 cm³/mol. The number of nitro benzene ring substituents is 1. The Morgan fingerprint density at radius 1 is 1.14 bits per heavy atom. The number of benzene rings is 2. The van der Waals surface area contributed by atoms with Crippen molar-refractivity contribution in [2.24, 2.45) is 4.99 Å². The fourth-order valence-corrected chi connectivity index (χ4v) is 3.30. The van der Waals surface area contributed by atoms with E-state index in [4.69, 9.17) is 0 Å². The summed E-state index contributed by atoms with van der Waals surface area (Å²) in [5.41, 5.74) is 0.975. The van der Waals surface area contributed by atoms with Crippen LogP contribution in [0.15, 0.2) is 63.3 Å². The van der Waals surface area contributed by atoms with Gasteiger partial charge in [-0.1, -0.05) is 12.1 Å². The first-order valence-electron chi connectivity index (χ1n) is 6.31. The van der Waals surface area contributed by atoms with Gasteiger partial charge in [0.05, 0.1) is 26.3 Å². The van der Waals surface area contributed by atoms with Gasteiger partial charge < -0.3 is 5.11 Å². The quantitative estimate of drug-likeness (QED) is 0.534. The fraction of sp³-hybridized carbons (Fsp3) is 0. The van der Waals surface area contributed by atoms with Crippen molar-refractivity contribution in [1.82, 2.24) is 0 Å². The monoisotopic (exact) mass is 314 g/mol. The lowest BCUT2D eigenvalue weighted by Gasteiger charge is -1.96. The van der Waals surface area contributed by atoms with E-state index in [9.17, 15) is 19.4 Å². The number of rotatable bonds is 3. The smallest absolute Gasteiger partial charge is 0.269 e. The topological polar surface area (TPSA) is 92.8 Å². The predicted octanol–water partition coefficient (Wildman–Crippen LogP) is 3.35. The molecule has 0 saturated carbocycles. The second-order valence-electron chi connectivity index (χ2n) is 4.51. The second kappa shape index (κ2) is 5.53. The average molecular weight is 314 g/mol. The minimum Gasteiger partial charge on any atom is -0.506 e. The third-order valence-electron chi connectivity index (χ3n) is 3.17. The van der Waals surface area contributed by atoms with Crippen LogP contribution >= 0.6 is 0 Å². The number of non-ortho nitro benzene ring substituents is 1. The third-order valence-corrected chi connectivity index (χ3v) is 4.62. The normalized spacial score (nSPS) is 17.0. The van der Waals surface area contributed by atoms with Crippen LogP contribution in [0.4, 0.5) is 11.4 Å². The van der Waals surface area contributed by atoms with Crippen LogP contribution in [0.2, 0.25) is 0 Å². The van der Waals surface area contributed by atoms with E-state index < -0.39 is 15.7 Å². The molecule has 1 aliphatic heterocycles. The molecule has 0 amide bonds. The number of nitro groups is 1. The number of aliphatic hydroxyl groups is 1. The molecule has 0 aromatic heterocycles. The third kappa shape index (κ3) is 2.42. The highest BCUT2D eigenvalue weighted by Crippen LogP contribution is 2.34. The highest BCUT2D eigenvalue weighted by Gasteiger charge is 2.26. The zero-order chi connectivity index (χ0) is 15.7. The van der Waals surface area contributed by atoms with Crippen molar-refractivity contribution < 1.29 is 14.2 Å². The van der Waals surface area contributed by atoms with Gasteiger partial charge >= 0.3 is 0 Å². The first kappa shape index (κ1) is 14.2. The fourth-order valence-electron chi connectivity index (χ4n) is 2.07. The molecule has 1 aliphatic rings. The molecule has 1 unspecified atom stereocenters. The van der Waals surface area contributed by atoms with Gasteiger partial charge in [-0.25, -0.2) is 4.21 Å². The molecule has 0 radical (unpaired) electrons. The summed E-state index contributed by atoms with van der Waals surface area (Å²) >= 11 is 0. The summed E-state index contributed by atoms with van der Waals surface area (Å²) in [6.45, 7) is 0. The van der Waals surface area contributed by atoms with Gasteiger partial charge in [-0.15, -0.1) is 0 Å². The van der Waals surface area contributed by atoms with Gasteiger partial charge in [0.1, 0.15) is 10.7 Å². The van der Waals surface area contributed by atoms with E-state index in [-0.39, 0.29) is 16.4 Å². The standard InChI is InChI=1S/C15H10N2O4S/c18-15-12-3-1-2-4-13(12)22(21)14(15)9-16-10-5-7-11(8-6-10)17(19)20/h1-9,18H. The Bertz CT molecular complexity index is 841. The van der Waals surface area contributed by atoms with Gasteiger partial charge in [-0.05, 0) is 24.3 Å². The molecule has 0 spiro atoms. The van der Waals surface area contributed by atoms with Gasteiger partial charge in [-0.3, -0.25) is 15.1 Å². The number of allylic oxidation sites excluding steroid dienone is 1. The molecule has 0 saturated heterocycles. The van der Waals surface area contributed by atoms with Gasteiger partial charge in [-0.2, -0.15) is 0 Å². The van der Waals surface area contributed by atoms with Crippen LogP contribution < -0.4 is 0 Å². The van der Waals surface area contributed by atoms with Crippen molar-refractivity contribution in [3.63, 3.8) is 0 Å². The van der Waals surface area contributed by atoms with E-state index in [0.717, 1.165) is 0 Å². The van der Waals surface area contributed by atoms with Crippen molar-refractivity contribution in [3.05, 3.63) is 69.1 Å². The molecule has 1 heterocycles. The Hall–Kier alpha value is -2.80. The SMILES string of the molecule is O=[N+]([O-])c1ccc(N=CC2=C(O)c3ccccc3S2=O)cc1. The van der Waals surface area contributed by atoms with Crippen LogP contribution in [0, 0.1) is 10.1 Å². The molecule has 3 rings (SSSR count). The minimum atomic E-state index is -1.48. The van der Waals surface area contributed by atoms with Crippen molar-refractivity contribution in [1.29, 1.82) is 0 Å². The van der Waals surface area contributed by atoms with Crippen LogP contribution in [0.1, 0.15) is 5.56 Å². The Balaban J connectivity index is 1.89. The number of aliphatic hydroxyl groups excluding tert-OH is 1. The molecule has 6 nitrogen and oxygen atoms in total.